The molecule has 1 aliphatic rings. The molecule has 156 valence electrons. The molecule has 6 nitrogen and oxygen atoms in total. The van der Waals surface area contributed by atoms with Crippen LogP contribution in [0, 0.1) is 0 Å². The molecule has 30 heavy (non-hydrogen) atoms. The molecule has 0 spiro atoms. The van der Waals surface area contributed by atoms with Crippen LogP contribution in [0.25, 0.3) is 5.32 Å². The summed E-state index contributed by atoms with van der Waals surface area (Å²) in [5.74, 6) is -0.0237. The summed E-state index contributed by atoms with van der Waals surface area (Å²) in [4.78, 5) is 14.5. The normalized spacial score (nSPS) is 18.9. The lowest BCUT2D eigenvalue weighted by atomic mass is 10.00. The average molecular weight is 405 g/mol. The molecular weight excluding hydrogens is 376 g/mol. The summed E-state index contributed by atoms with van der Waals surface area (Å²) in [5, 5.41) is 10.9. The minimum atomic E-state index is -0.320. The van der Waals surface area contributed by atoms with Gasteiger partial charge in [0.05, 0.1) is 22.8 Å². The fourth-order valence-electron chi connectivity index (χ4n) is 4.16. The average Bonchev–Trinajstić information content (AvgIpc) is 3.15. The number of aromatic nitrogens is 2. The van der Waals surface area contributed by atoms with Gasteiger partial charge in [-0.3, -0.25) is 0 Å². The molecule has 2 atom stereocenters. The monoisotopic (exact) mass is 404 g/mol. The topological polar surface area (TPSA) is 64.3 Å². The number of benzene rings is 2. The number of carbonyl (C=O) groups is 1. The smallest absolute Gasteiger partial charge is 0.269 e. The van der Waals surface area contributed by atoms with Gasteiger partial charge in [-0.1, -0.05) is 60.7 Å². The summed E-state index contributed by atoms with van der Waals surface area (Å²) in [5.41, 5.74) is 2.60. The van der Waals surface area contributed by atoms with Crippen LogP contribution in [0.4, 0.5) is 5.88 Å². The fraction of sp³-hybridized carbons (Fsp3) is 0.375. The number of amides is 1. The first-order valence-corrected chi connectivity index (χ1v) is 10.7. The first-order valence-electron chi connectivity index (χ1n) is 10.7. The van der Waals surface area contributed by atoms with Crippen LogP contribution in [0.3, 0.4) is 0 Å². The van der Waals surface area contributed by atoms with E-state index in [4.69, 9.17) is 4.52 Å². The van der Waals surface area contributed by atoms with Crippen LogP contribution in [0.1, 0.15) is 54.7 Å². The van der Waals surface area contributed by atoms with Crippen molar-refractivity contribution in [1.29, 1.82) is 0 Å². The summed E-state index contributed by atoms with van der Waals surface area (Å²) in [7, 11) is 0. The van der Waals surface area contributed by atoms with Crippen molar-refractivity contribution in [1.82, 2.24) is 5.27 Å². The predicted octanol–water partition coefficient (Wildman–Crippen LogP) is 4.49. The lowest BCUT2D eigenvalue weighted by Gasteiger charge is -2.32. The van der Waals surface area contributed by atoms with E-state index >= 15 is 0 Å². The Labute approximate surface area is 177 Å². The highest BCUT2D eigenvalue weighted by Crippen LogP contribution is 2.26. The second kappa shape index (κ2) is 9.11. The Balaban J connectivity index is 1.63. The van der Waals surface area contributed by atoms with Crippen molar-refractivity contribution in [3.05, 3.63) is 82.8 Å². The Morgan fingerprint density at radius 2 is 1.67 bits per heavy atom. The van der Waals surface area contributed by atoms with Gasteiger partial charge in [0.15, 0.2) is 0 Å². The van der Waals surface area contributed by atoms with Crippen molar-refractivity contribution in [2.24, 2.45) is 0 Å². The van der Waals surface area contributed by atoms with Crippen LogP contribution < -0.4 is 9.80 Å². The van der Waals surface area contributed by atoms with E-state index in [1.165, 1.54) is 12.0 Å². The molecule has 6 heteroatoms. The zero-order valence-corrected chi connectivity index (χ0v) is 17.6. The summed E-state index contributed by atoms with van der Waals surface area (Å²) in [6, 6.07) is 20.0. The predicted molar refractivity (Wildman–Crippen MR) is 115 cm³/mol. The Kier molecular flexibility index (Phi) is 6.12. The molecule has 2 heterocycles. The van der Waals surface area contributed by atoms with Crippen molar-refractivity contribution >= 4 is 11.8 Å². The van der Waals surface area contributed by atoms with Gasteiger partial charge in [-0.05, 0) is 50.7 Å². The van der Waals surface area contributed by atoms with Crippen molar-refractivity contribution in [2.45, 2.75) is 58.0 Å². The first kappa shape index (κ1) is 20.1. The molecule has 1 aromatic heterocycles. The number of hydrogen-bond donors (Lipinski definition) is 0. The number of aryl methyl sites for hydroxylation is 1. The third-order valence-corrected chi connectivity index (χ3v) is 5.78. The third kappa shape index (κ3) is 4.37. The van der Waals surface area contributed by atoms with Gasteiger partial charge in [0.1, 0.15) is 5.88 Å². The van der Waals surface area contributed by atoms with Crippen LogP contribution in [-0.4, -0.2) is 23.3 Å². The quantitative estimate of drug-likeness (QED) is 0.568. The molecule has 1 fully saturated rings. The number of rotatable bonds is 6. The Bertz CT molecular complexity index is 961. The molecule has 3 aromatic rings. The number of piperidine rings is 1. The molecule has 0 saturated carbocycles. The minimum absolute atomic E-state index is 0.296. The minimum Gasteiger partial charge on any atom is -0.584 e. The Hall–Kier alpha value is -3.15. The zero-order valence-electron chi connectivity index (χ0n) is 17.6. The second-order valence-electron chi connectivity index (χ2n) is 7.99. The van der Waals surface area contributed by atoms with E-state index in [1.807, 2.05) is 41.2 Å². The number of hydrogen-bond acceptors (Lipinski definition) is 4. The van der Waals surface area contributed by atoms with Gasteiger partial charge in [0.25, 0.3) is 5.69 Å². The van der Waals surface area contributed by atoms with E-state index in [0.29, 0.717) is 30.0 Å². The van der Waals surface area contributed by atoms with E-state index in [1.54, 1.807) is 12.1 Å². The van der Waals surface area contributed by atoms with Crippen LogP contribution in [0.2, 0.25) is 0 Å². The third-order valence-electron chi connectivity index (χ3n) is 5.78. The largest absolute Gasteiger partial charge is 0.584 e. The first-order chi connectivity index (χ1) is 14.6. The van der Waals surface area contributed by atoms with Crippen molar-refractivity contribution in [3.8, 4) is 0 Å². The van der Waals surface area contributed by atoms with E-state index < -0.39 is 0 Å². The van der Waals surface area contributed by atoms with Gasteiger partial charge in [0.2, 0.25) is 5.27 Å². The second-order valence-corrected chi connectivity index (χ2v) is 7.99. The highest BCUT2D eigenvalue weighted by molar-refractivity contribution is 6.08. The summed E-state index contributed by atoms with van der Waals surface area (Å²) < 4.78 is 5.61. The highest BCUT2D eigenvalue weighted by atomic mass is 16.5. The SMILES string of the molecule is CC1CCCC(C)N1[n+]1noc([N-]C(=O)c2ccccc2)c1CCc1ccccc1. The fourth-order valence-corrected chi connectivity index (χ4v) is 4.16. The number of carbonyl (C=O) groups excluding carboxylic acids is 1. The van der Waals surface area contributed by atoms with Gasteiger partial charge >= 0.3 is 0 Å². The van der Waals surface area contributed by atoms with E-state index in [9.17, 15) is 4.79 Å². The van der Waals surface area contributed by atoms with E-state index in [2.05, 4.69) is 41.6 Å². The van der Waals surface area contributed by atoms with Gasteiger partial charge in [-0.25, -0.2) is 0 Å². The maximum absolute atomic E-state index is 12.7. The zero-order chi connectivity index (χ0) is 20.9. The molecule has 2 unspecified atom stereocenters. The Morgan fingerprint density at radius 1 is 1.03 bits per heavy atom. The van der Waals surface area contributed by atoms with E-state index in [-0.39, 0.29) is 5.91 Å². The van der Waals surface area contributed by atoms with Crippen LogP contribution >= 0.6 is 0 Å². The van der Waals surface area contributed by atoms with Crippen LogP contribution in [-0.2, 0) is 12.8 Å². The lowest BCUT2D eigenvalue weighted by Crippen LogP contribution is -2.69. The molecular formula is C24H28N4O2. The summed E-state index contributed by atoms with van der Waals surface area (Å²) >= 11 is 0. The molecule has 0 bridgehead atoms. The maximum atomic E-state index is 12.7. The van der Waals surface area contributed by atoms with Gasteiger partial charge in [0, 0.05) is 6.42 Å². The van der Waals surface area contributed by atoms with Crippen molar-refractivity contribution in [2.75, 3.05) is 5.01 Å². The molecule has 1 amide bonds. The highest BCUT2D eigenvalue weighted by Gasteiger charge is 2.36. The van der Waals surface area contributed by atoms with Crippen molar-refractivity contribution < 1.29 is 14.1 Å². The van der Waals surface area contributed by atoms with Gasteiger partial charge in [-0.2, -0.15) is 0 Å². The molecule has 1 saturated heterocycles. The molecule has 2 aromatic carbocycles. The Morgan fingerprint density at radius 3 is 2.33 bits per heavy atom. The standard InChI is InChI=1S/C24H28N4O2/c1-18-10-9-11-19(2)27(18)28-22(17-16-20-12-5-3-6-13-20)24(30-26-28)25-23(29)21-14-7-4-8-15-21/h3-8,12-15,18-19H,9-11,16-17H2,1-2H3. The summed E-state index contributed by atoms with van der Waals surface area (Å²) in [6.07, 6.45) is 4.93. The molecule has 0 N–H and O–H groups in total. The molecule has 0 radical (unpaired) electrons. The molecule has 0 aliphatic carbocycles. The van der Waals surface area contributed by atoms with Gasteiger partial charge < -0.3 is 14.6 Å². The lowest BCUT2D eigenvalue weighted by molar-refractivity contribution is -0.771. The van der Waals surface area contributed by atoms with E-state index in [0.717, 1.165) is 25.0 Å². The van der Waals surface area contributed by atoms with Crippen molar-refractivity contribution in [3.63, 3.8) is 0 Å². The maximum Gasteiger partial charge on any atom is 0.269 e. The molecule has 4 rings (SSSR count). The molecule has 1 aliphatic heterocycles. The van der Waals surface area contributed by atoms with Crippen LogP contribution in [0.15, 0.2) is 65.2 Å². The summed E-state index contributed by atoms with van der Waals surface area (Å²) in [6.45, 7) is 4.43. The number of nitrogens with zero attached hydrogens (tertiary/aromatic N) is 4. The van der Waals surface area contributed by atoms with Crippen LogP contribution in [0.5, 0.6) is 0 Å². The van der Waals surface area contributed by atoms with Gasteiger partial charge in [-0.15, -0.1) is 5.01 Å².